The van der Waals surface area contributed by atoms with Gasteiger partial charge in [0.05, 0.1) is 11.5 Å². The van der Waals surface area contributed by atoms with Crippen molar-refractivity contribution in [2.75, 3.05) is 13.2 Å². The van der Waals surface area contributed by atoms with Crippen LogP contribution in [0.5, 0.6) is 0 Å². The third-order valence-electron chi connectivity index (χ3n) is 4.09. The van der Waals surface area contributed by atoms with Gasteiger partial charge >= 0.3 is 6.09 Å². The van der Waals surface area contributed by atoms with E-state index in [0.29, 0.717) is 13.2 Å². The summed E-state index contributed by atoms with van der Waals surface area (Å²) >= 11 is 0. The van der Waals surface area contributed by atoms with Crippen LogP contribution >= 0.6 is 0 Å². The van der Waals surface area contributed by atoms with Gasteiger partial charge in [-0.15, -0.1) is 0 Å². The van der Waals surface area contributed by atoms with E-state index in [9.17, 15) is 4.79 Å². The Morgan fingerprint density at radius 3 is 2.58 bits per heavy atom. The molecule has 106 valence electrons. The zero-order valence-corrected chi connectivity index (χ0v) is 11.9. The minimum Gasteiger partial charge on any atom is -0.444 e. The molecule has 1 aliphatic carbocycles. The molecule has 2 atom stereocenters. The van der Waals surface area contributed by atoms with Gasteiger partial charge < -0.3 is 19.6 Å². The number of alkyl carbamates (subject to hydrolysis) is 1. The summed E-state index contributed by atoms with van der Waals surface area (Å²) in [6, 6.07) is 0.0571. The van der Waals surface area contributed by atoms with Crippen molar-refractivity contribution >= 4 is 6.09 Å². The number of rotatable bonds is 1. The highest BCUT2D eigenvalue weighted by Crippen LogP contribution is 2.50. The molecule has 2 aliphatic rings. The first-order valence-electron chi connectivity index (χ1n) is 6.81. The van der Waals surface area contributed by atoms with Crippen LogP contribution in [0.4, 0.5) is 4.79 Å². The molecule has 0 radical (unpaired) electrons. The normalized spacial score (nSPS) is 29.2. The molecule has 2 fully saturated rings. The molecule has 19 heavy (non-hydrogen) atoms. The van der Waals surface area contributed by atoms with Crippen LogP contribution in [0.2, 0.25) is 0 Å². The summed E-state index contributed by atoms with van der Waals surface area (Å²) < 4.78 is 10.7. The fraction of sp³-hybridized carbons (Fsp3) is 0.857. The van der Waals surface area contributed by atoms with Gasteiger partial charge in [0.2, 0.25) is 6.04 Å². The first-order chi connectivity index (χ1) is 8.87. The van der Waals surface area contributed by atoms with Gasteiger partial charge in [-0.05, 0) is 33.6 Å². The Kier molecular flexibility index (Phi) is 3.73. The second-order valence-corrected chi connectivity index (χ2v) is 6.42. The maximum Gasteiger partial charge on any atom is 0.407 e. The van der Waals surface area contributed by atoms with E-state index in [1.54, 1.807) is 0 Å². The van der Waals surface area contributed by atoms with Crippen molar-refractivity contribution in [3.63, 3.8) is 0 Å². The van der Waals surface area contributed by atoms with E-state index >= 15 is 0 Å². The van der Waals surface area contributed by atoms with Crippen LogP contribution in [-0.4, -0.2) is 37.0 Å². The van der Waals surface area contributed by atoms with E-state index < -0.39 is 5.60 Å². The lowest BCUT2D eigenvalue weighted by Crippen LogP contribution is -2.65. The summed E-state index contributed by atoms with van der Waals surface area (Å²) in [7, 11) is 0. The molecule has 5 heteroatoms. The molecule has 1 heterocycles. The maximum atomic E-state index is 11.8. The van der Waals surface area contributed by atoms with Crippen LogP contribution < -0.4 is 5.32 Å². The minimum absolute atomic E-state index is 0.0105. The SMILES string of the molecule is [C-]#[N+]C1CC(NC(=O)OC(C)(C)C)C12CCOCC2. The molecular weight excluding hydrogens is 244 g/mol. The van der Waals surface area contributed by atoms with E-state index in [-0.39, 0.29) is 23.6 Å². The highest BCUT2D eigenvalue weighted by atomic mass is 16.6. The molecule has 1 spiro atoms. The van der Waals surface area contributed by atoms with Crippen LogP contribution in [0, 0.1) is 12.0 Å². The Morgan fingerprint density at radius 2 is 2.05 bits per heavy atom. The fourth-order valence-electron chi connectivity index (χ4n) is 3.03. The Labute approximate surface area is 114 Å². The molecule has 1 aliphatic heterocycles. The molecular formula is C14H22N2O3. The Bertz CT molecular complexity index is 388. The van der Waals surface area contributed by atoms with Crippen molar-refractivity contribution in [2.24, 2.45) is 5.41 Å². The number of carbonyl (C=O) groups is 1. The molecule has 1 N–H and O–H groups in total. The first-order valence-corrected chi connectivity index (χ1v) is 6.81. The number of ether oxygens (including phenoxy) is 2. The number of amides is 1. The lowest BCUT2D eigenvalue weighted by Gasteiger charge is -2.51. The molecule has 0 bridgehead atoms. The van der Waals surface area contributed by atoms with Gasteiger partial charge in [0.1, 0.15) is 5.60 Å². The average molecular weight is 266 g/mol. The smallest absolute Gasteiger partial charge is 0.407 e. The van der Waals surface area contributed by atoms with Crippen molar-refractivity contribution < 1.29 is 14.3 Å². The molecule has 1 saturated carbocycles. The highest BCUT2D eigenvalue weighted by molar-refractivity contribution is 5.68. The van der Waals surface area contributed by atoms with E-state index in [0.717, 1.165) is 19.3 Å². The molecule has 2 rings (SSSR count). The van der Waals surface area contributed by atoms with Crippen molar-refractivity contribution in [3.8, 4) is 0 Å². The van der Waals surface area contributed by atoms with Crippen molar-refractivity contribution in [3.05, 3.63) is 11.4 Å². The molecule has 1 amide bonds. The summed E-state index contributed by atoms with van der Waals surface area (Å²) in [4.78, 5) is 15.5. The number of nitrogens with zero attached hydrogens (tertiary/aromatic N) is 1. The third kappa shape index (κ3) is 2.84. The molecule has 0 aromatic rings. The monoisotopic (exact) mass is 266 g/mol. The largest absolute Gasteiger partial charge is 0.444 e. The van der Waals surface area contributed by atoms with E-state index in [2.05, 4.69) is 10.2 Å². The van der Waals surface area contributed by atoms with Gasteiger partial charge in [-0.2, -0.15) is 0 Å². The quantitative estimate of drug-likeness (QED) is 0.741. The molecule has 1 saturated heterocycles. The lowest BCUT2D eigenvalue weighted by atomic mass is 9.56. The zero-order valence-electron chi connectivity index (χ0n) is 11.9. The number of hydrogen-bond donors (Lipinski definition) is 1. The zero-order chi connectivity index (χ0) is 14.1. The minimum atomic E-state index is -0.490. The topological polar surface area (TPSA) is 51.9 Å². The Hall–Kier alpha value is -1.28. The van der Waals surface area contributed by atoms with Gasteiger partial charge in [-0.25, -0.2) is 11.4 Å². The number of nitrogens with one attached hydrogen (secondary N) is 1. The Morgan fingerprint density at radius 1 is 1.42 bits per heavy atom. The van der Waals surface area contributed by atoms with Crippen molar-refractivity contribution in [1.82, 2.24) is 5.32 Å². The van der Waals surface area contributed by atoms with Crippen LogP contribution in [0.1, 0.15) is 40.0 Å². The summed E-state index contributed by atoms with van der Waals surface area (Å²) in [6.45, 7) is 14.2. The Balaban J connectivity index is 1.97. The summed E-state index contributed by atoms with van der Waals surface area (Å²) in [5.41, 5.74) is -0.591. The van der Waals surface area contributed by atoms with Crippen LogP contribution in [0.3, 0.4) is 0 Å². The fourth-order valence-corrected chi connectivity index (χ4v) is 3.03. The second-order valence-electron chi connectivity index (χ2n) is 6.42. The highest BCUT2D eigenvalue weighted by Gasteiger charge is 2.61. The van der Waals surface area contributed by atoms with Gasteiger partial charge in [0, 0.05) is 19.6 Å². The molecule has 0 aromatic heterocycles. The number of hydrogen-bond acceptors (Lipinski definition) is 3. The molecule has 2 unspecified atom stereocenters. The summed E-state index contributed by atoms with van der Waals surface area (Å²) in [6.07, 6.45) is 2.04. The van der Waals surface area contributed by atoms with E-state index in [1.807, 2.05) is 20.8 Å². The van der Waals surface area contributed by atoms with Crippen molar-refractivity contribution in [2.45, 2.75) is 57.7 Å². The van der Waals surface area contributed by atoms with Crippen molar-refractivity contribution in [1.29, 1.82) is 0 Å². The van der Waals surface area contributed by atoms with Gasteiger partial charge in [0.25, 0.3) is 0 Å². The molecule has 5 nitrogen and oxygen atoms in total. The average Bonchev–Trinajstić information content (AvgIpc) is 2.33. The predicted octanol–water partition coefficient (Wildman–Crippen LogP) is 2.37. The standard InChI is InChI=1S/C14H22N2O3/c1-13(2,3)19-12(17)16-11-9-10(15-4)14(11)5-7-18-8-6-14/h10-11H,5-9H2,1-3H3,(H,16,17). The van der Waals surface area contributed by atoms with Crippen LogP contribution in [-0.2, 0) is 9.47 Å². The first kappa shape index (κ1) is 14.1. The van der Waals surface area contributed by atoms with Gasteiger partial charge in [-0.3, -0.25) is 0 Å². The molecule has 0 aromatic carbocycles. The summed E-state index contributed by atoms with van der Waals surface area (Å²) in [5.74, 6) is 0. The predicted molar refractivity (Wildman–Crippen MR) is 70.7 cm³/mol. The second kappa shape index (κ2) is 5.01. The van der Waals surface area contributed by atoms with Gasteiger partial charge in [-0.1, -0.05) is 0 Å². The van der Waals surface area contributed by atoms with E-state index in [4.69, 9.17) is 16.0 Å². The summed E-state index contributed by atoms with van der Waals surface area (Å²) in [5, 5.41) is 2.94. The van der Waals surface area contributed by atoms with Crippen LogP contribution in [0.15, 0.2) is 0 Å². The third-order valence-corrected chi connectivity index (χ3v) is 4.09. The van der Waals surface area contributed by atoms with Gasteiger partial charge in [0.15, 0.2) is 0 Å². The van der Waals surface area contributed by atoms with Crippen LogP contribution in [0.25, 0.3) is 4.85 Å². The number of carbonyl (C=O) groups excluding carboxylic acids is 1. The maximum absolute atomic E-state index is 11.8. The van der Waals surface area contributed by atoms with E-state index in [1.165, 1.54) is 0 Å². The lowest BCUT2D eigenvalue weighted by molar-refractivity contribution is -0.0617.